The van der Waals surface area contributed by atoms with Crippen molar-refractivity contribution in [2.45, 2.75) is 25.2 Å². The standard InChI is InChI=1S/C20H19FN6/c1-11-14-9-15(16(21)8-13(14)6-7-26(11)2)17-18-19(22)23-10-24-27(18)20(25-17)12-4-3-5-12/h6-10,12H,1,3-5H2,2H3,(H2,22,23,24). The first-order valence-corrected chi connectivity index (χ1v) is 8.98. The number of benzene rings is 1. The summed E-state index contributed by atoms with van der Waals surface area (Å²) < 4.78 is 16.8. The highest BCUT2D eigenvalue weighted by atomic mass is 19.1. The number of hydrogen-bond donors (Lipinski definition) is 1. The third kappa shape index (κ3) is 2.27. The van der Waals surface area contributed by atoms with E-state index in [2.05, 4.69) is 16.7 Å². The molecule has 1 aliphatic carbocycles. The van der Waals surface area contributed by atoms with E-state index in [1.807, 2.05) is 24.2 Å². The average molecular weight is 362 g/mol. The maximum absolute atomic E-state index is 15.0. The van der Waals surface area contributed by atoms with E-state index in [-0.39, 0.29) is 5.82 Å². The van der Waals surface area contributed by atoms with Crippen LogP contribution in [0.1, 0.15) is 42.1 Å². The van der Waals surface area contributed by atoms with Gasteiger partial charge in [0.1, 0.15) is 29.2 Å². The Balaban J connectivity index is 1.77. The van der Waals surface area contributed by atoms with Gasteiger partial charge in [-0.1, -0.05) is 13.0 Å². The van der Waals surface area contributed by atoms with E-state index < -0.39 is 0 Å². The first kappa shape index (κ1) is 16.0. The number of hydrogen-bond acceptors (Lipinski definition) is 5. The lowest BCUT2D eigenvalue weighted by molar-refractivity contribution is 0.396. The van der Waals surface area contributed by atoms with Gasteiger partial charge < -0.3 is 10.6 Å². The number of nitrogen functional groups attached to an aromatic ring is 1. The van der Waals surface area contributed by atoms with Gasteiger partial charge in [-0.25, -0.2) is 18.9 Å². The molecule has 1 aliphatic heterocycles. The summed E-state index contributed by atoms with van der Waals surface area (Å²) in [6, 6.07) is 3.32. The Bertz CT molecular complexity index is 1130. The molecule has 0 spiro atoms. The molecule has 1 saturated carbocycles. The van der Waals surface area contributed by atoms with Gasteiger partial charge in [0.05, 0.1) is 0 Å². The maximum Gasteiger partial charge on any atom is 0.153 e. The summed E-state index contributed by atoms with van der Waals surface area (Å²) in [5.41, 5.74) is 10.0. The van der Waals surface area contributed by atoms with Crippen LogP contribution < -0.4 is 5.73 Å². The number of halogens is 1. The van der Waals surface area contributed by atoms with Gasteiger partial charge in [-0.3, -0.25) is 0 Å². The van der Waals surface area contributed by atoms with Gasteiger partial charge in [-0.15, -0.1) is 0 Å². The summed E-state index contributed by atoms with van der Waals surface area (Å²) in [4.78, 5) is 10.8. The second-order valence-corrected chi connectivity index (χ2v) is 7.14. The Morgan fingerprint density at radius 2 is 2.07 bits per heavy atom. The SMILES string of the molecule is C=C1c2cc(-c3nc(C4CCC4)n4ncnc(N)c34)c(F)cc2C=CN1C. The highest BCUT2D eigenvalue weighted by Gasteiger charge is 2.29. The number of aromatic nitrogens is 4. The molecule has 0 amide bonds. The number of rotatable bonds is 2. The fourth-order valence-electron chi connectivity index (χ4n) is 3.73. The van der Waals surface area contributed by atoms with E-state index in [0.29, 0.717) is 28.5 Å². The zero-order valence-corrected chi connectivity index (χ0v) is 15.0. The highest BCUT2D eigenvalue weighted by Crippen LogP contribution is 2.40. The third-order valence-electron chi connectivity index (χ3n) is 5.57. The van der Waals surface area contributed by atoms with E-state index in [4.69, 9.17) is 10.7 Å². The molecule has 27 heavy (non-hydrogen) atoms. The van der Waals surface area contributed by atoms with Crippen molar-refractivity contribution in [1.82, 2.24) is 24.5 Å². The van der Waals surface area contributed by atoms with Gasteiger partial charge in [0.15, 0.2) is 5.82 Å². The predicted octanol–water partition coefficient (Wildman–Crippen LogP) is 3.67. The zero-order valence-electron chi connectivity index (χ0n) is 15.0. The van der Waals surface area contributed by atoms with E-state index in [1.54, 1.807) is 10.6 Å². The molecular formula is C20H19FN6. The van der Waals surface area contributed by atoms with Crippen LogP contribution in [0.5, 0.6) is 0 Å². The fourth-order valence-corrected chi connectivity index (χ4v) is 3.73. The van der Waals surface area contributed by atoms with Crippen LogP contribution in [0.4, 0.5) is 10.2 Å². The Morgan fingerprint density at radius 3 is 2.81 bits per heavy atom. The van der Waals surface area contributed by atoms with Crippen molar-refractivity contribution in [3.63, 3.8) is 0 Å². The first-order valence-electron chi connectivity index (χ1n) is 8.98. The van der Waals surface area contributed by atoms with Crippen molar-refractivity contribution in [2.24, 2.45) is 0 Å². The maximum atomic E-state index is 15.0. The number of fused-ring (bicyclic) bond motifs is 2. The van der Waals surface area contributed by atoms with Gasteiger partial charge >= 0.3 is 0 Å². The topological polar surface area (TPSA) is 72.3 Å². The molecule has 0 radical (unpaired) electrons. The number of imidazole rings is 1. The summed E-state index contributed by atoms with van der Waals surface area (Å²) >= 11 is 0. The molecule has 1 aromatic carbocycles. The summed E-state index contributed by atoms with van der Waals surface area (Å²) in [6.45, 7) is 4.11. The van der Waals surface area contributed by atoms with Gasteiger partial charge in [-0.2, -0.15) is 5.10 Å². The van der Waals surface area contributed by atoms with Crippen LogP contribution in [-0.2, 0) is 0 Å². The largest absolute Gasteiger partial charge is 0.382 e. The number of nitrogens with zero attached hydrogens (tertiary/aromatic N) is 5. The summed E-state index contributed by atoms with van der Waals surface area (Å²) in [6.07, 6.45) is 8.45. The minimum Gasteiger partial charge on any atom is -0.382 e. The van der Waals surface area contributed by atoms with Crippen molar-refractivity contribution >= 4 is 23.1 Å². The van der Waals surface area contributed by atoms with Crippen LogP contribution in [0.2, 0.25) is 0 Å². The lowest BCUT2D eigenvalue weighted by Crippen LogP contribution is -2.14. The predicted molar refractivity (Wildman–Crippen MR) is 103 cm³/mol. The lowest BCUT2D eigenvalue weighted by Gasteiger charge is -2.24. The Morgan fingerprint density at radius 1 is 1.26 bits per heavy atom. The van der Waals surface area contributed by atoms with Gasteiger partial charge in [0, 0.05) is 36.0 Å². The van der Waals surface area contributed by atoms with Crippen molar-refractivity contribution in [3.8, 4) is 11.3 Å². The third-order valence-corrected chi connectivity index (χ3v) is 5.57. The van der Waals surface area contributed by atoms with E-state index in [9.17, 15) is 0 Å². The van der Waals surface area contributed by atoms with Crippen LogP contribution in [0.25, 0.3) is 28.5 Å². The molecule has 3 aromatic rings. The number of anilines is 1. The van der Waals surface area contributed by atoms with Gasteiger partial charge in [-0.05, 0) is 36.6 Å². The van der Waals surface area contributed by atoms with Gasteiger partial charge in [0.2, 0.25) is 0 Å². The Labute approximate surface area is 155 Å². The van der Waals surface area contributed by atoms with E-state index in [1.165, 1.54) is 18.8 Å². The molecule has 136 valence electrons. The highest BCUT2D eigenvalue weighted by molar-refractivity contribution is 5.88. The summed E-state index contributed by atoms with van der Waals surface area (Å²) in [5.74, 6) is 1.10. The second-order valence-electron chi connectivity index (χ2n) is 7.14. The van der Waals surface area contributed by atoms with Crippen LogP contribution in [0.3, 0.4) is 0 Å². The average Bonchev–Trinajstić information content (AvgIpc) is 2.97. The quantitative estimate of drug-likeness (QED) is 0.753. The second kappa shape index (κ2) is 5.64. The van der Waals surface area contributed by atoms with Crippen molar-refractivity contribution in [2.75, 3.05) is 12.8 Å². The Hall–Kier alpha value is -3.22. The van der Waals surface area contributed by atoms with Crippen LogP contribution >= 0.6 is 0 Å². The molecule has 0 saturated heterocycles. The molecule has 2 N–H and O–H groups in total. The first-order chi connectivity index (χ1) is 13.0. The number of nitrogens with two attached hydrogens (primary N) is 1. The molecule has 7 heteroatoms. The van der Waals surface area contributed by atoms with Gasteiger partial charge in [0.25, 0.3) is 0 Å². The van der Waals surface area contributed by atoms with Crippen LogP contribution in [0.15, 0.2) is 31.2 Å². The molecule has 0 bridgehead atoms. The van der Waals surface area contributed by atoms with Crippen molar-refractivity contribution in [3.05, 3.63) is 54.0 Å². The zero-order chi connectivity index (χ0) is 18.7. The molecule has 0 atom stereocenters. The van der Waals surface area contributed by atoms with Crippen LogP contribution in [0, 0.1) is 5.82 Å². The molecule has 0 unspecified atom stereocenters. The smallest absolute Gasteiger partial charge is 0.153 e. The normalized spacial score (nSPS) is 16.7. The Kier molecular flexibility index (Phi) is 3.34. The van der Waals surface area contributed by atoms with Crippen LogP contribution in [-0.4, -0.2) is 31.5 Å². The monoisotopic (exact) mass is 362 g/mol. The summed E-state index contributed by atoms with van der Waals surface area (Å²) in [5, 5.41) is 4.34. The molecule has 3 heterocycles. The lowest BCUT2D eigenvalue weighted by atomic mass is 9.85. The van der Waals surface area contributed by atoms with Crippen molar-refractivity contribution in [1.29, 1.82) is 0 Å². The fraction of sp³-hybridized carbons (Fsp3) is 0.250. The molecule has 1 fully saturated rings. The van der Waals surface area contributed by atoms with Crippen molar-refractivity contribution < 1.29 is 4.39 Å². The molecule has 5 rings (SSSR count). The minimum absolute atomic E-state index is 0.297. The molecular weight excluding hydrogens is 343 g/mol. The van der Waals surface area contributed by atoms with E-state index >= 15 is 4.39 Å². The van der Waals surface area contributed by atoms with E-state index in [0.717, 1.165) is 35.5 Å². The molecule has 6 nitrogen and oxygen atoms in total. The molecule has 2 aliphatic rings. The molecule has 2 aromatic heterocycles. The summed E-state index contributed by atoms with van der Waals surface area (Å²) in [7, 11) is 1.91. The minimum atomic E-state index is -0.348.